The number of nitrogens with one attached hydrogen (secondary N) is 1. The third-order valence-electron chi connectivity index (χ3n) is 3.06. The van der Waals surface area contributed by atoms with Gasteiger partial charge in [0.05, 0.1) is 6.61 Å². The Morgan fingerprint density at radius 3 is 2.67 bits per heavy atom. The molecule has 4 nitrogen and oxygen atoms in total. The van der Waals surface area contributed by atoms with Crippen molar-refractivity contribution >= 4 is 17.5 Å². The van der Waals surface area contributed by atoms with Gasteiger partial charge >= 0.3 is 0 Å². The molecule has 118 valence electrons. The van der Waals surface area contributed by atoms with Crippen molar-refractivity contribution in [2.45, 2.75) is 19.9 Å². The zero-order valence-corrected chi connectivity index (χ0v) is 13.4. The standard InChI is InChI=1S/C16H25ClN2O2/c1-2-9-19(10-8-17)11-12-21-14-16(20)18-13-15-6-4-3-5-7-15/h3-7H,2,8-14H2,1H3,(H,18,20). The summed E-state index contributed by atoms with van der Waals surface area (Å²) in [5.74, 6) is 0.538. The van der Waals surface area contributed by atoms with Gasteiger partial charge in [0.15, 0.2) is 0 Å². The van der Waals surface area contributed by atoms with Crippen LogP contribution >= 0.6 is 11.6 Å². The lowest BCUT2D eigenvalue weighted by atomic mass is 10.2. The molecular formula is C16H25ClN2O2. The van der Waals surface area contributed by atoms with Crippen molar-refractivity contribution in [1.29, 1.82) is 0 Å². The lowest BCUT2D eigenvalue weighted by Gasteiger charge is -2.20. The third kappa shape index (κ3) is 8.71. The minimum Gasteiger partial charge on any atom is -0.370 e. The molecule has 21 heavy (non-hydrogen) atoms. The number of rotatable bonds is 11. The first-order valence-corrected chi connectivity index (χ1v) is 7.96. The van der Waals surface area contributed by atoms with Crippen LogP contribution in [0.15, 0.2) is 30.3 Å². The number of alkyl halides is 1. The lowest BCUT2D eigenvalue weighted by Crippen LogP contribution is -2.32. The van der Waals surface area contributed by atoms with Crippen LogP contribution in [-0.2, 0) is 16.1 Å². The van der Waals surface area contributed by atoms with Crippen molar-refractivity contribution < 1.29 is 9.53 Å². The fourth-order valence-corrected chi connectivity index (χ4v) is 2.22. The van der Waals surface area contributed by atoms with Crippen LogP contribution in [0.2, 0.25) is 0 Å². The fraction of sp³-hybridized carbons (Fsp3) is 0.562. The Balaban J connectivity index is 2.10. The average Bonchev–Trinajstić information content (AvgIpc) is 2.51. The van der Waals surface area contributed by atoms with Crippen molar-refractivity contribution in [3.63, 3.8) is 0 Å². The van der Waals surface area contributed by atoms with E-state index in [1.807, 2.05) is 30.3 Å². The first-order chi connectivity index (χ1) is 10.3. The van der Waals surface area contributed by atoms with Gasteiger partial charge in [0, 0.05) is 25.5 Å². The van der Waals surface area contributed by atoms with Crippen LogP contribution in [0.25, 0.3) is 0 Å². The van der Waals surface area contributed by atoms with Gasteiger partial charge in [-0.1, -0.05) is 37.3 Å². The summed E-state index contributed by atoms with van der Waals surface area (Å²) in [7, 11) is 0. The van der Waals surface area contributed by atoms with Crippen LogP contribution in [-0.4, -0.2) is 49.5 Å². The SMILES string of the molecule is CCCN(CCCl)CCOCC(=O)NCc1ccccc1. The van der Waals surface area contributed by atoms with Crippen molar-refractivity contribution in [3.8, 4) is 0 Å². The Kier molecular flexibility index (Phi) is 9.87. The highest BCUT2D eigenvalue weighted by Crippen LogP contribution is 1.97. The van der Waals surface area contributed by atoms with E-state index < -0.39 is 0 Å². The molecule has 0 heterocycles. The molecule has 0 aromatic heterocycles. The molecule has 0 saturated heterocycles. The van der Waals surface area contributed by atoms with Crippen LogP contribution < -0.4 is 5.32 Å². The van der Waals surface area contributed by atoms with Crippen molar-refractivity contribution in [2.24, 2.45) is 0 Å². The highest BCUT2D eigenvalue weighted by Gasteiger charge is 2.04. The van der Waals surface area contributed by atoms with Crippen molar-refractivity contribution in [2.75, 3.05) is 38.7 Å². The second-order valence-electron chi connectivity index (χ2n) is 4.85. The van der Waals surface area contributed by atoms with Crippen molar-refractivity contribution in [1.82, 2.24) is 10.2 Å². The van der Waals surface area contributed by atoms with E-state index in [1.54, 1.807) is 0 Å². The number of ether oxygens (including phenoxy) is 1. The molecule has 0 bridgehead atoms. The minimum absolute atomic E-state index is 0.0850. The lowest BCUT2D eigenvalue weighted by molar-refractivity contribution is -0.126. The van der Waals surface area contributed by atoms with Gasteiger partial charge in [-0.15, -0.1) is 11.6 Å². The van der Waals surface area contributed by atoms with Gasteiger partial charge in [-0.25, -0.2) is 0 Å². The van der Waals surface area contributed by atoms with Crippen molar-refractivity contribution in [3.05, 3.63) is 35.9 Å². The predicted molar refractivity (Wildman–Crippen MR) is 86.6 cm³/mol. The van der Waals surface area contributed by atoms with Crippen LogP contribution in [0.5, 0.6) is 0 Å². The molecule has 1 N–H and O–H groups in total. The summed E-state index contributed by atoms with van der Waals surface area (Å²) in [5, 5.41) is 2.84. The number of carbonyl (C=O) groups excluding carboxylic acids is 1. The normalized spacial score (nSPS) is 10.8. The van der Waals surface area contributed by atoms with E-state index in [2.05, 4.69) is 17.1 Å². The monoisotopic (exact) mass is 312 g/mol. The summed E-state index contributed by atoms with van der Waals surface area (Å²) in [6.45, 7) is 6.02. The molecule has 0 fully saturated rings. The van der Waals surface area contributed by atoms with Gasteiger partial charge in [-0.3, -0.25) is 9.69 Å². The molecule has 5 heteroatoms. The number of nitrogens with zero attached hydrogens (tertiary/aromatic N) is 1. The summed E-state index contributed by atoms with van der Waals surface area (Å²) < 4.78 is 5.41. The molecule has 0 radical (unpaired) electrons. The molecule has 0 aliphatic rings. The zero-order valence-electron chi connectivity index (χ0n) is 12.7. The Labute approximate surface area is 132 Å². The Morgan fingerprint density at radius 2 is 2.00 bits per heavy atom. The Bertz CT molecular complexity index is 381. The van der Waals surface area contributed by atoms with E-state index >= 15 is 0 Å². The molecule has 1 aromatic carbocycles. The van der Waals surface area contributed by atoms with E-state index in [0.717, 1.165) is 31.6 Å². The van der Waals surface area contributed by atoms with Crippen LogP contribution in [0.1, 0.15) is 18.9 Å². The summed E-state index contributed by atoms with van der Waals surface area (Å²) in [6, 6.07) is 9.83. The van der Waals surface area contributed by atoms with Crippen LogP contribution in [0, 0.1) is 0 Å². The van der Waals surface area contributed by atoms with Gasteiger partial charge in [-0.05, 0) is 18.5 Å². The maximum absolute atomic E-state index is 11.6. The smallest absolute Gasteiger partial charge is 0.246 e. The topological polar surface area (TPSA) is 41.6 Å². The van der Waals surface area contributed by atoms with Gasteiger partial charge in [-0.2, -0.15) is 0 Å². The first kappa shape index (κ1) is 18.0. The summed E-state index contributed by atoms with van der Waals surface area (Å²) in [5.41, 5.74) is 1.09. The van der Waals surface area contributed by atoms with E-state index in [9.17, 15) is 4.79 Å². The summed E-state index contributed by atoms with van der Waals surface area (Å²) in [6.07, 6.45) is 1.09. The average molecular weight is 313 g/mol. The fourth-order valence-electron chi connectivity index (χ4n) is 1.98. The number of hydrogen-bond acceptors (Lipinski definition) is 3. The molecule has 1 aromatic rings. The number of benzene rings is 1. The molecule has 1 amide bonds. The highest BCUT2D eigenvalue weighted by atomic mass is 35.5. The van der Waals surface area contributed by atoms with E-state index in [0.29, 0.717) is 19.0 Å². The quantitative estimate of drug-likeness (QED) is 0.503. The maximum atomic E-state index is 11.6. The van der Waals surface area contributed by atoms with Gasteiger partial charge < -0.3 is 10.1 Å². The van der Waals surface area contributed by atoms with E-state index in [-0.39, 0.29) is 12.5 Å². The van der Waals surface area contributed by atoms with E-state index in [1.165, 1.54) is 0 Å². The Morgan fingerprint density at radius 1 is 1.24 bits per heavy atom. The predicted octanol–water partition coefficient (Wildman–Crippen LogP) is 2.27. The number of carbonyl (C=O) groups is 1. The second kappa shape index (κ2) is 11.5. The zero-order chi connectivity index (χ0) is 15.3. The molecular weight excluding hydrogens is 288 g/mol. The second-order valence-corrected chi connectivity index (χ2v) is 5.22. The summed E-state index contributed by atoms with van der Waals surface area (Å²) in [4.78, 5) is 13.9. The number of hydrogen-bond donors (Lipinski definition) is 1. The largest absolute Gasteiger partial charge is 0.370 e. The van der Waals surface area contributed by atoms with Gasteiger partial charge in [0.25, 0.3) is 0 Å². The summed E-state index contributed by atoms with van der Waals surface area (Å²) >= 11 is 5.75. The maximum Gasteiger partial charge on any atom is 0.246 e. The molecule has 0 unspecified atom stereocenters. The molecule has 0 spiro atoms. The molecule has 1 rings (SSSR count). The van der Waals surface area contributed by atoms with E-state index in [4.69, 9.17) is 16.3 Å². The first-order valence-electron chi connectivity index (χ1n) is 7.43. The molecule has 0 atom stereocenters. The molecule has 0 saturated carbocycles. The van der Waals surface area contributed by atoms with Crippen LogP contribution in [0.3, 0.4) is 0 Å². The minimum atomic E-state index is -0.0850. The Hall–Kier alpha value is -1.10. The highest BCUT2D eigenvalue weighted by molar-refractivity contribution is 6.18. The molecule has 0 aliphatic carbocycles. The van der Waals surface area contributed by atoms with Gasteiger partial charge in [0.2, 0.25) is 5.91 Å². The number of amides is 1. The van der Waals surface area contributed by atoms with Crippen LogP contribution in [0.4, 0.5) is 0 Å². The number of halogens is 1. The van der Waals surface area contributed by atoms with Gasteiger partial charge in [0.1, 0.15) is 6.61 Å². The third-order valence-corrected chi connectivity index (χ3v) is 3.23. The molecule has 0 aliphatic heterocycles.